The van der Waals surface area contributed by atoms with Crippen molar-refractivity contribution in [2.45, 2.75) is 27.2 Å². The summed E-state index contributed by atoms with van der Waals surface area (Å²) in [5, 5.41) is 12.6. The van der Waals surface area contributed by atoms with Crippen LogP contribution >= 0.6 is 0 Å². The second-order valence-electron chi connectivity index (χ2n) is 6.24. The van der Waals surface area contributed by atoms with Gasteiger partial charge >= 0.3 is 5.97 Å². The van der Waals surface area contributed by atoms with Crippen molar-refractivity contribution >= 4 is 22.8 Å². The quantitative estimate of drug-likeness (QED) is 0.765. The zero-order chi connectivity index (χ0) is 17.1. The molecular weight excluding hydrogens is 299 g/mol. The van der Waals surface area contributed by atoms with Gasteiger partial charge in [0.15, 0.2) is 0 Å². The average molecular weight is 320 g/mol. The number of aromatic nitrogens is 1. The topological polar surface area (TPSA) is 82.2 Å². The van der Waals surface area contributed by atoms with E-state index in [4.69, 9.17) is 0 Å². The smallest absolute Gasteiger partial charge is 0.308 e. The van der Waals surface area contributed by atoms with E-state index in [-0.39, 0.29) is 18.3 Å². The third kappa shape index (κ3) is 4.09. The highest BCUT2D eigenvalue weighted by molar-refractivity contribution is 5.99. The van der Waals surface area contributed by atoms with Crippen LogP contribution in [-0.4, -0.2) is 28.5 Å². The molecule has 1 heterocycles. The number of hydrogen-bond acceptors (Lipinski definition) is 2. The maximum atomic E-state index is 13.4. The Kier molecular flexibility index (Phi) is 5.03. The van der Waals surface area contributed by atoms with Crippen LogP contribution in [0.4, 0.5) is 4.39 Å². The molecule has 0 spiro atoms. The van der Waals surface area contributed by atoms with E-state index < -0.39 is 17.8 Å². The van der Waals surface area contributed by atoms with E-state index in [1.165, 1.54) is 12.1 Å². The average Bonchev–Trinajstić information content (AvgIpc) is 2.86. The Morgan fingerprint density at radius 3 is 2.61 bits per heavy atom. The second-order valence-corrected chi connectivity index (χ2v) is 6.24. The molecule has 0 aliphatic rings. The van der Waals surface area contributed by atoms with Crippen molar-refractivity contribution in [1.29, 1.82) is 0 Å². The monoisotopic (exact) mass is 320 g/mol. The summed E-state index contributed by atoms with van der Waals surface area (Å²) in [7, 11) is 0. The first-order valence-corrected chi connectivity index (χ1v) is 7.57. The zero-order valence-corrected chi connectivity index (χ0v) is 13.4. The minimum absolute atomic E-state index is 0.0645. The van der Waals surface area contributed by atoms with Crippen LogP contribution in [0.15, 0.2) is 18.2 Å². The van der Waals surface area contributed by atoms with E-state index in [0.29, 0.717) is 17.6 Å². The number of H-pyrrole nitrogens is 1. The van der Waals surface area contributed by atoms with Gasteiger partial charge in [0, 0.05) is 17.4 Å². The first-order chi connectivity index (χ1) is 10.8. The van der Waals surface area contributed by atoms with Crippen LogP contribution in [0.3, 0.4) is 0 Å². The van der Waals surface area contributed by atoms with Crippen molar-refractivity contribution in [2.75, 3.05) is 6.54 Å². The van der Waals surface area contributed by atoms with Gasteiger partial charge in [-0.05, 0) is 43.0 Å². The molecule has 1 unspecified atom stereocenters. The molecule has 0 saturated heterocycles. The Morgan fingerprint density at radius 2 is 2.00 bits per heavy atom. The highest BCUT2D eigenvalue weighted by Crippen LogP contribution is 2.21. The number of hydrogen-bond donors (Lipinski definition) is 3. The number of carbonyl (C=O) groups is 2. The number of aryl methyl sites for hydroxylation is 1. The standard InChI is InChI=1S/C17H21FN2O3/c1-9(2)4-11(17(22)23)8-19-16(21)15-7-13-10(3)5-12(18)6-14(13)20-15/h5-7,9,11,20H,4,8H2,1-3H3,(H,19,21)(H,22,23). The number of rotatable bonds is 6. The van der Waals surface area contributed by atoms with Gasteiger partial charge in [-0.25, -0.2) is 4.39 Å². The first-order valence-electron chi connectivity index (χ1n) is 7.57. The Morgan fingerprint density at radius 1 is 1.30 bits per heavy atom. The number of amides is 1. The van der Waals surface area contributed by atoms with E-state index in [9.17, 15) is 19.1 Å². The molecule has 1 aromatic heterocycles. The minimum atomic E-state index is -0.923. The third-order valence-electron chi connectivity index (χ3n) is 3.77. The van der Waals surface area contributed by atoms with E-state index in [0.717, 1.165) is 10.9 Å². The number of halogens is 1. The van der Waals surface area contributed by atoms with Crippen LogP contribution in [-0.2, 0) is 4.79 Å². The van der Waals surface area contributed by atoms with Crippen LogP contribution in [0, 0.1) is 24.6 Å². The molecule has 0 aliphatic heterocycles. The lowest BCUT2D eigenvalue weighted by Gasteiger charge is -2.15. The van der Waals surface area contributed by atoms with Crippen LogP contribution in [0.2, 0.25) is 0 Å². The zero-order valence-electron chi connectivity index (χ0n) is 13.4. The van der Waals surface area contributed by atoms with Gasteiger partial charge in [0.25, 0.3) is 5.91 Å². The van der Waals surface area contributed by atoms with E-state index in [2.05, 4.69) is 10.3 Å². The minimum Gasteiger partial charge on any atom is -0.481 e. The Labute approximate surface area is 133 Å². The highest BCUT2D eigenvalue weighted by Gasteiger charge is 2.20. The lowest BCUT2D eigenvalue weighted by atomic mass is 9.97. The number of carbonyl (C=O) groups excluding carboxylic acids is 1. The molecule has 2 rings (SSSR count). The second kappa shape index (κ2) is 6.81. The molecule has 0 saturated carbocycles. The molecule has 124 valence electrons. The van der Waals surface area contributed by atoms with Gasteiger partial charge in [-0.2, -0.15) is 0 Å². The molecule has 0 aliphatic carbocycles. The molecule has 0 fully saturated rings. The SMILES string of the molecule is Cc1cc(F)cc2[nH]c(C(=O)NCC(CC(C)C)C(=O)O)cc12. The van der Waals surface area contributed by atoms with Crippen LogP contribution in [0.1, 0.15) is 36.3 Å². The maximum absolute atomic E-state index is 13.4. The molecule has 23 heavy (non-hydrogen) atoms. The third-order valence-corrected chi connectivity index (χ3v) is 3.77. The molecular formula is C17H21FN2O3. The summed E-state index contributed by atoms with van der Waals surface area (Å²) in [4.78, 5) is 26.3. The largest absolute Gasteiger partial charge is 0.481 e. The van der Waals surface area contributed by atoms with Crippen LogP contribution in [0.25, 0.3) is 10.9 Å². The summed E-state index contributed by atoms with van der Waals surface area (Å²) in [6.07, 6.45) is 0.493. The lowest BCUT2D eigenvalue weighted by molar-refractivity contribution is -0.142. The fourth-order valence-corrected chi connectivity index (χ4v) is 2.65. The number of carboxylic acid groups (broad SMARTS) is 1. The molecule has 0 radical (unpaired) electrons. The predicted molar refractivity (Wildman–Crippen MR) is 85.9 cm³/mol. The number of nitrogens with one attached hydrogen (secondary N) is 2. The van der Waals surface area contributed by atoms with Crippen LogP contribution < -0.4 is 5.32 Å². The molecule has 6 heteroatoms. The van der Waals surface area contributed by atoms with Crippen molar-refractivity contribution < 1.29 is 19.1 Å². The van der Waals surface area contributed by atoms with Crippen molar-refractivity contribution in [2.24, 2.45) is 11.8 Å². The van der Waals surface area contributed by atoms with Gasteiger partial charge in [0.1, 0.15) is 11.5 Å². The fourth-order valence-electron chi connectivity index (χ4n) is 2.65. The van der Waals surface area contributed by atoms with Crippen LogP contribution in [0.5, 0.6) is 0 Å². The summed E-state index contributed by atoms with van der Waals surface area (Å²) in [5.41, 5.74) is 1.57. The van der Waals surface area contributed by atoms with Gasteiger partial charge < -0.3 is 15.4 Å². The molecule has 1 atom stereocenters. The van der Waals surface area contributed by atoms with E-state index in [1.54, 1.807) is 13.0 Å². The summed E-state index contributed by atoms with van der Waals surface area (Å²) in [6, 6.07) is 4.39. The van der Waals surface area contributed by atoms with Gasteiger partial charge in [0.05, 0.1) is 5.92 Å². The number of aromatic amines is 1. The summed E-state index contributed by atoms with van der Waals surface area (Å²) >= 11 is 0. The molecule has 0 bridgehead atoms. The fraction of sp³-hybridized carbons (Fsp3) is 0.412. The van der Waals surface area contributed by atoms with Gasteiger partial charge in [-0.15, -0.1) is 0 Å². The van der Waals surface area contributed by atoms with Crippen molar-refractivity contribution in [3.05, 3.63) is 35.3 Å². The lowest BCUT2D eigenvalue weighted by Crippen LogP contribution is -2.33. The summed E-state index contributed by atoms with van der Waals surface area (Å²) in [6.45, 7) is 5.71. The van der Waals surface area contributed by atoms with Gasteiger partial charge in [-0.3, -0.25) is 9.59 Å². The number of benzene rings is 1. The number of aliphatic carboxylic acids is 1. The normalized spacial score (nSPS) is 12.6. The summed E-state index contributed by atoms with van der Waals surface area (Å²) < 4.78 is 13.4. The molecule has 2 aromatic rings. The Bertz CT molecular complexity index is 737. The van der Waals surface area contributed by atoms with Crippen molar-refractivity contribution in [3.8, 4) is 0 Å². The van der Waals surface area contributed by atoms with Crippen molar-refractivity contribution in [3.63, 3.8) is 0 Å². The number of carboxylic acids is 1. The van der Waals surface area contributed by atoms with Gasteiger partial charge in [0.2, 0.25) is 0 Å². The maximum Gasteiger partial charge on any atom is 0.308 e. The molecule has 1 amide bonds. The van der Waals surface area contributed by atoms with Gasteiger partial charge in [-0.1, -0.05) is 13.8 Å². The summed E-state index contributed by atoms with van der Waals surface area (Å²) in [5.74, 6) is -2.08. The Balaban J connectivity index is 2.11. The molecule has 1 aromatic carbocycles. The van der Waals surface area contributed by atoms with E-state index >= 15 is 0 Å². The van der Waals surface area contributed by atoms with E-state index in [1.807, 2.05) is 13.8 Å². The number of fused-ring (bicyclic) bond motifs is 1. The first kappa shape index (κ1) is 17.0. The molecule has 5 nitrogen and oxygen atoms in total. The predicted octanol–water partition coefficient (Wildman–Crippen LogP) is 3.09. The Hall–Kier alpha value is -2.37. The highest BCUT2D eigenvalue weighted by atomic mass is 19.1. The molecule has 3 N–H and O–H groups in total. The van der Waals surface area contributed by atoms with Crippen molar-refractivity contribution in [1.82, 2.24) is 10.3 Å².